The minimum atomic E-state index is -0.122. The van der Waals surface area contributed by atoms with Gasteiger partial charge < -0.3 is 0 Å². The predicted octanol–water partition coefficient (Wildman–Crippen LogP) is 3.01. The Kier molecular flexibility index (Phi) is 2.23. The molecule has 1 heterocycles. The molecule has 2 saturated carbocycles. The maximum Gasteiger partial charge on any atom is 0.238 e. The summed E-state index contributed by atoms with van der Waals surface area (Å²) < 4.78 is 0.802. The van der Waals surface area contributed by atoms with Gasteiger partial charge in [0.1, 0.15) is 0 Å². The van der Waals surface area contributed by atoms with Crippen LogP contribution < -0.4 is 4.90 Å². The van der Waals surface area contributed by atoms with Crippen LogP contribution in [0.15, 0.2) is 40.9 Å². The molecule has 0 aromatic heterocycles. The lowest BCUT2D eigenvalue weighted by atomic mass is 9.63. The summed E-state index contributed by atoms with van der Waals surface area (Å²) in [6.45, 7) is 0. The molecule has 0 radical (unpaired) electrons. The van der Waals surface area contributed by atoms with Crippen LogP contribution in [0.1, 0.15) is 6.42 Å². The van der Waals surface area contributed by atoms with Crippen LogP contribution in [-0.2, 0) is 9.59 Å². The summed E-state index contributed by atoms with van der Waals surface area (Å²) in [5, 5.41) is 0. The quantitative estimate of drug-likeness (QED) is 0.580. The first-order valence-electron chi connectivity index (χ1n) is 7.49. The molecule has 1 aromatic carbocycles. The zero-order chi connectivity index (χ0) is 14.3. The number of nitrogens with zero attached hydrogens (tertiary/aromatic N) is 1. The lowest BCUT2D eigenvalue weighted by Gasteiger charge is -2.37. The van der Waals surface area contributed by atoms with Gasteiger partial charge in [0.25, 0.3) is 0 Å². The minimum absolute atomic E-state index is 0.00148. The van der Waals surface area contributed by atoms with E-state index >= 15 is 0 Å². The van der Waals surface area contributed by atoms with Crippen molar-refractivity contribution in [3.63, 3.8) is 0 Å². The molecular formula is C17H14BrNO2. The average Bonchev–Trinajstić information content (AvgIpc) is 3.26. The molecular weight excluding hydrogens is 330 g/mol. The van der Waals surface area contributed by atoms with E-state index in [2.05, 4.69) is 28.1 Å². The summed E-state index contributed by atoms with van der Waals surface area (Å²) >= 11 is 3.47. The lowest BCUT2D eigenvalue weighted by Crippen LogP contribution is -2.40. The fourth-order valence-electron chi connectivity index (χ4n) is 4.83. The van der Waals surface area contributed by atoms with Crippen LogP contribution in [0.25, 0.3) is 0 Å². The first-order chi connectivity index (χ1) is 10.2. The number of para-hydroxylation sites is 1. The fourth-order valence-corrected chi connectivity index (χ4v) is 5.29. The van der Waals surface area contributed by atoms with Gasteiger partial charge in [0.05, 0.1) is 17.5 Å². The molecule has 21 heavy (non-hydrogen) atoms. The maximum absolute atomic E-state index is 12.9. The first-order valence-corrected chi connectivity index (χ1v) is 8.28. The number of anilines is 1. The van der Waals surface area contributed by atoms with Gasteiger partial charge in [-0.1, -0.05) is 24.3 Å². The third kappa shape index (κ3) is 1.39. The summed E-state index contributed by atoms with van der Waals surface area (Å²) in [6, 6.07) is 7.48. The number of hydrogen-bond donors (Lipinski definition) is 0. The van der Waals surface area contributed by atoms with E-state index in [1.165, 1.54) is 11.3 Å². The number of imide groups is 1. The Morgan fingerprint density at radius 1 is 0.952 bits per heavy atom. The second kappa shape index (κ2) is 3.86. The van der Waals surface area contributed by atoms with E-state index in [0.717, 1.165) is 4.47 Å². The largest absolute Gasteiger partial charge is 0.274 e. The Labute approximate surface area is 131 Å². The van der Waals surface area contributed by atoms with Crippen LogP contribution in [0.2, 0.25) is 0 Å². The molecule has 4 aliphatic carbocycles. The third-order valence-electron chi connectivity index (χ3n) is 5.76. The summed E-state index contributed by atoms with van der Waals surface area (Å²) in [6.07, 6.45) is 5.61. The van der Waals surface area contributed by atoms with Crippen molar-refractivity contribution in [2.75, 3.05) is 4.90 Å². The Hall–Kier alpha value is -1.42. The van der Waals surface area contributed by atoms with Gasteiger partial charge in [0.2, 0.25) is 11.8 Å². The van der Waals surface area contributed by atoms with Gasteiger partial charge in [-0.15, -0.1) is 0 Å². The van der Waals surface area contributed by atoms with Crippen LogP contribution in [0.5, 0.6) is 0 Å². The van der Waals surface area contributed by atoms with Crippen LogP contribution in [0.3, 0.4) is 0 Å². The van der Waals surface area contributed by atoms with Crippen molar-refractivity contribution < 1.29 is 9.59 Å². The standard InChI is InChI=1S/C17H14BrNO2/c18-12-3-1-2-4-13(12)19-16(20)14-8-5-6-9(11-7-10(8)11)15(14)17(19)21/h1-6,8-11,14-15H,7H2/t8-,9-,10-,11+,14+,15-/m1/s1. The topological polar surface area (TPSA) is 37.4 Å². The fraction of sp³-hybridized carbons (Fsp3) is 0.412. The van der Waals surface area contributed by atoms with E-state index in [4.69, 9.17) is 0 Å². The number of carbonyl (C=O) groups is 2. The molecule has 2 bridgehead atoms. The zero-order valence-corrected chi connectivity index (χ0v) is 12.9. The summed E-state index contributed by atoms with van der Waals surface area (Å²) in [5.41, 5.74) is 0.690. The molecule has 6 atom stereocenters. The average molecular weight is 344 g/mol. The van der Waals surface area contributed by atoms with E-state index in [9.17, 15) is 9.59 Å². The predicted molar refractivity (Wildman–Crippen MR) is 81.3 cm³/mol. The molecule has 3 nitrogen and oxygen atoms in total. The molecule has 0 unspecified atom stereocenters. The number of allylic oxidation sites excluding steroid dienone is 2. The van der Waals surface area contributed by atoms with Gasteiger partial charge in [-0.25, -0.2) is 4.90 Å². The molecule has 3 fully saturated rings. The Morgan fingerprint density at radius 2 is 1.52 bits per heavy atom. The maximum atomic E-state index is 12.9. The van der Waals surface area contributed by atoms with E-state index < -0.39 is 0 Å². The van der Waals surface area contributed by atoms with Crippen molar-refractivity contribution >= 4 is 33.4 Å². The number of benzene rings is 1. The van der Waals surface area contributed by atoms with Gasteiger partial charge in [-0.2, -0.15) is 0 Å². The highest BCUT2D eigenvalue weighted by molar-refractivity contribution is 9.10. The van der Waals surface area contributed by atoms with Crippen LogP contribution in [0.4, 0.5) is 5.69 Å². The van der Waals surface area contributed by atoms with Crippen LogP contribution in [0, 0.1) is 35.5 Å². The summed E-state index contributed by atoms with van der Waals surface area (Å²) in [7, 11) is 0. The summed E-state index contributed by atoms with van der Waals surface area (Å²) in [4.78, 5) is 27.2. The van der Waals surface area contributed by atoms with Crippen molar-refractivity contribution in [3.05, 3.63) is 40.9 Å². The Bertz CT molecular complexity index is 676. The number of carbonyl (C=O) groups excluding carboxylic acids is 2. The molecule has 106 valence electrons. The SMILES string of the molecule is O=C1[C@@H]2[C@@H]3C=C[C@H]([C@H]4C[C@@H]34)[C@@H]2C(=O)N1c1ccccc1Br. The van der Waals surface area contributed by atoms with Crippen molar-refractivity contribution in [3.8, 4) is 0 Å². The molecule has 2 amide bonds. The second-order valence-corrected chi connectivity index (χ2v) is 7.47. The summed E-state index contributed by atoms with van der Waals surface area (Å²) in [5.74, 6) is 1.63. The number of rotatable bonds is 1. The normalized spacial score (nSPS) is 42.2. The molecule has 1 aromatic rings. The van der Waals surface area contributed by atoms with Crippen LogP contribution >= 0.6 is 15.9 Å². The van der Waals surface area contributed by atoms with Crippen molar-refractivity contribution in [2.45, 2.75) is 6.42 Å². The lowest BCUT2D eigenvalue weighted by molar-refractivity contribution is -0.124. The molecule has 5 aliphatic rings. The Balaban J connectivity index is 1.62. The van der Waals surface area contributed by atoms with E-state index in [1.54, 1.807) is 0 Å². The second-order valence-electron chi connectivity index (χ2n) is 6.62. The smallest absolute Gasteiger partial charge is 0.238 e. The van der Waals surface area contributed by atoms with Gasteiger partial charge in [0, 0.05) is 4.47 Å². The highest BCUT2D eigenvalue weighted by Gasteiger charge is 2.67. The molecule has 4 heteroatoms. The van der Waals surface area contributed by atoms with Crippen molar-refractivity contribution in [1.82, 2.24) is 0 Å². The van der Waals surface area contributed by atoms with Crippen LogP contribution in [-0.4, -0.2) is 11.8 Å². The monoisotopic (exact) mass is 343 g/mol. The number of amides is 2. The van der Waals surface area contributed by atoms with Gasteiger partial charge in [0.15, 0.2) is 0 Å². The molecule has 0 spiro atoms. The molecule has 0 N–H and O–H groups in total. The zero-order valence-electron chi connectivity index (χ0n) is 11.3. The van der Waals surface area contributed by atoms with Gasteiger partial charge >= 0.3 is 0 Å². The van der Waals surface area contributed by atoms with Crippen molar-refractivity contribution in [1.29, 1.82) is 0 Å². The van der Waals surface area contributed by atoms with Gasteiger partial charge in [-0.3, -0.25) is 9.59 Å². The number of hydrogen-bond acceptors (Lipinski definition) is 2. The Morgan fingerprint density at radius 3 is 2.10 bits per heavy atom. The molecule has 1 aliphatic heterocycles. The van der Waals surface area contributed by atoms with E-state index in [-0.39, 0.29) is 35.5 Å². The molecule has 1 saturated heterocycles. The highest BCUT2D eigenvalue weighted by Crippen LogP contribution is 2.65. The highest BCUT2D eigenvalue weighted by atomic mass is 79.9. The van der Waals surface area contributed by atoms with Crippen molar-refractivity contribution in [2.24, 2.45) is 35.5 Å². The van der Waals surface area contributed by atoms with E-state index in [1.807, 2.05) is 24.3 Å². The molecule has 6 rings (SSSR count). The van der Waals surface area contributed by atoms with E-state index in [0.29, 0.717) is 17.5 Å². The minimum Gasteiger partial charge on any atom is -0.274 e. The number of halogens is 1. The first kappa shape index (κ1) is 12.2. The van der Waals surface area contributed by atoms with Gasteiger partial charge in [-0.05, 0) is 58.2 Å². The third-order valence-corrected chi connectivity index (χ3v) is 6.43.